The van der Waals surface area contributed by atoms with Crippen molar-refractivity contribution in [3.05, 3.63) is 35.4 Å². The van der Waals surface area contributed by atoms with E-state index < -0.39 is 11.6 Å². The largest absolute Gasteiger partial charge is 0.376 e. The maximum absolute atomic E-state index is 13.4. The first-order valence-corrected chi connectivity index (χ1v) is 6.93. The molecule has 0 saturated heterocycles. The molecule has 2 unspecified atom stereocenters. The third-order valence-corrected chi connectivity index (χ3v) is 4.01. The fourth-order valence-electron chi connectivity index (χ4n) is 2.80. The van der Waals surface area contributed by atoms with Gasteiger partial charge in [0.15, 0.2) is 0 Å². The number of ether oxygens (including phenoxy) is 1. The Morgan fingerprint density at radius 2 is 1.74 bits per heavy atom. The molecule has 2 atom stereocenters. The molecule has 0 spiro atoms. The van der Waals surface area contributed by atoms with Crippen LogP contribution in [0.15, 0.2) is 18.2 Å². The lowest BCUT2D eigenvalue weighted by atomic mass is 9.80. The standard InChI is InChI=1S/C15H21F2NO/c16-14-6-3-7-15(17)13(14)10-19-9-12-5-2-1-4-11(12)8-18/h3,6-7,11-12H,1-2,4-5,8-10,18H2. The highest BCUT2D eigenvalue weighted by Crippen LogP contribution is 2.29. The molecule has 1 aliphatic carbocycles. The van der Waals surface area contributed by atoms with Crippen LogP contribution in [0.1, 0.15) is 31.2 Å². The lowest BCUT2D eigenvalue weighted by Crippen LogP contribution is -2.29. The maximum Gasteiger partial charge on any atom is 0.131 e. The average Bonchev–Trinajstić information content (AvgIpc) is 2.42. The van der Waals surface area contributed by atoms with E-state index in [2.05, 4.69) is 0 Å². The highest BCUT2D eigenvalue weighted by Gasteiger charge is 2.24. The molecule has 2 N–H and O–H groups in total. The van der Waals surface area contributed by atoms with Crippen LogP contribution in [-0.2, 0) is 11.3 Å². The van der Waals surface area contributed by atoms with Gasteiger partial charge in [0.05, 0.1) is 13.2 Å². The van der Waals surface area contributed by atoms with Crippen LogP contribution in [0.2, 0.25) is 0 Å². The summed E-state index contributed by atoms with van der Waals surface area (Å²) in [6.07, 6.45) is 4.65. The minimum Gasteiger partial charge on any atom is -0.376 e. The highest BCUT2D eigenvalue weighted by atomic mass is 19.1. The molecule has 0 heterocycles. The lowest BCUT2D eigenvalue weighted by molar-refractivity contribution is 0.0485. The zero-order chi connectivity index (χ0) is 13.7. The van der Waals surface area contributed by atoms with Gasteiger partial charge < -0.3 is 10.5 Å². The second kappa shape index (κ2) is 6.96. The van der Waals surface area contributed by atoms with E-state index >= 15 is 0 Å². The first-order chi connectivity index (χ1) is 9.22. The fraction of sp³-hybridized carbons (Fsp3) is 0.600. The second-order valence-corrected chi connectivity index (χ2v) is 5.26. The van der Waals surface area contributed by atoms with Crippen molar-refractivity contribution in [2.45, 2.75) is 32.3 Å². The molecule has 1 aliphatic rings. The van der Waals surface area contributed by atoms with Crippen molar-refractivity contribution in [2.24, 2.45) is 17.6 Å². The van der Waals surface area contributed by atoms with E-state index in [0.29, 0.717) is 25.0 Å². The van der Waals surface area contributed by atoms with Crippen molar-refractivity contribution in [3.8, 4) is 0 Å². The minimum atomic E-state index is -0.543. The Kier molecular flexibility index (Phi) is 5.28. The molecule has 4 heteroatoms. The van der Waals surface area contributed by atoms with Crippen LogP contribution in [0.5, 0.6) is 0 Å². The first kappa shape index (κ1) is 14.4. The summed E-state index contributed by atoms with van der Waals surface area (Å²) in [5, 5.41) is 0. The number of benzene rings is 1. The first-order valence-electron chi connectivity index (χ1n) is 6.93. The number of hydrogen-bond donors (Lipinski definition) is 1. The molecule has 1 fully saturated rings. The van der Waals surface area contributed by atoms with E-state index in [1.54, 1.807) is 0 Å². The van der Waals surface area contributed by atoms with Crippen molar-refractivity contribution in [2.75, 3.05) is 13.2 Å². The summed E-state index contributed by atoms with van der Waals surface area (Å²) < 4.78 is 32.4. The van der Waals surface area contributed by atoms with Crippen LogP contribution in [0, 0.1) is 23.5 Å². The highest BCUT2D eigenvalue weighted by molar-refractivity contribution is 5.18. The molecule has 2 nitrogen and oxygen atoms in total. The van der Waals surface area contributed by atoms with Gasteiger partial charge in [0.25, 0.3) is 0 Å². The van der Waals surface area contributed by atoms with Crippen molar-refractivity contribution >= 4 is 0 Å². The summed E-state index contributed by atoms with van der Waals surface area (Å²) >= 11 is 0. The summed E-state index contributed by atoms with van der Waals surface area (Å²) in [6, 6.07) is 3.87. The van der Waals surface area contributed by atoms with E-state index in [0.717, 1.165) is 12.8 Å². The van der Waals surface area contributed by atoms with Crippen molar-refractivity contribution < 1.29 is 13.5 Å². The van der Waals surface area contributed by atoms with Crippen LogP contribution in [0.25, 0.3) is 0 Å². The number of hydrogen-bond acceptors (Lipinski definition) is 2. The van der Waals surface area contributed by atoms with E-state index in [1.807, 2.05) is 0 Å². The predicted octanol–water partition coefficient (Wildman–Crippen LogP) is 3.25. The smallest absolute Gasteiger partial charge is 0.131 e. The zero-order valence-corrected chi connectivity index (χ0v) is 11.1. The Balaban J connectivity index is 1.86. The summed E-state index contributed by atoms with van der Waals surface area (Å²) in [4.78, 5) is 0. The van der Waals surface area contributed by atoms with Crippen LogP contribution in [0.4, 0.5) is 8.78 Å². The van der Waals surface area contributed by atoms with Gasteiger partial charge in [-0.2, -0.15) is 0 Å². The molecule has 0 aromatic heterocycles. The Bertz CT molecular complexity index is 391. The Morgan fingerprint density at radius 3 is 2.37 bits per heavy atom. The zero-order valence-electron chi connectivity index (χ0n) is 11.1. The van der Waals surface area contributed by atoms with E-state index in [9.17, 15) is 8.78 Å². The van der Waals surface area contributed by atoms with Gasteiger partial charge >= 0.3 is 0 Å². The third kappa shape index (κ3) is 3.74. The van der Waals surface area contributed by atoms with Gasteiger partial charge in [-0.05, 0) is 43.4 Å². The van der Waals surface area contributed by atoms with Crippen LogP contribution in [-0.4, -0.2) is 13.2 Å². The average molecular weight is 269 g/mol. The van der Waals surface area contributed by atoms with Crippen molar-refractivity contribution in [3.63, 3.8) is 0 Å². The van der Waals surface area contributed by atoms with Gasteiger partial charge in [-0.3, -0.25) is 0 Å². The van der Waals surface area contributed by atoms with Crippen molar-refractivity contribution in [1.82, 2.24) is 0 Å². The second-order valence-electron chi connectivity index (χ2n) is 5.26. The Labute approximate surface area is 112 Å². The molecular weight excluding hydrogens is 248 g/mol. The molecule has 1 aromatic carbocycles. The number of nitrogens with two attached hydrogens (primary N) is 1. The molecule has 1 aromatic rings. The van der Waals surface area contributed by atoms with E-state index in [1.165, 1.54) is 31.0 Å². The lowest BCUT2D eigenvalue weighted by Gasteiger charge is -2.30. The van der Waals surface area contributed by atoms with Gasteiger partial charge in [0.2, 0.25) is 0 Å². The van der Waals surface area contributed by atoms with E-state index in [4.69, 9.17) is 10.5 Å². The van der Waals surface area contributed by atoms with Gasteiger partial charge in [0.1, 0.15) is 11.6 Å². The minimum absolute atomic E-state index is 0.00764. The molecule has 2 rings (SSSR count). The molecule has 1 saturated carbocycles. The fourth-order valence-corrected chi connectivity index (χ4v) is 2.80. The van der Waals surface area contributed by atoms with Gasteiger partial charge in [0, 0.05) is 5.56 Å². The molecule has 0 bridgehead atoms. The Hall–Kier alpha value is -1.00. The van der Waals surface area contributed by atoms with Crippen molar-refractivity contribution in [1.29, 1.82) is 0 Å². The summed E-state index contributed by atoms with van der Waals surface area (Å²) in [5.74, 6) is -0.175. The molecule has 0 amide bonds. The SMILES string of the molecule is NCC1CCCCC1COCc1c(F)cccc1F. The number of rotatable bonds is 5. The monoisotopic (exact) mass is 269 g/mol. The van der Waals surface area contributed by atoms with Crippen LogP contribution in [0.3, 0.4) is 0 Å². The molecule has 0 radical (unpaired) electrons. The topological polar surface area (TPSA) is 35.2 Å². The Morgan fingerprint density at radius 1 is 1.11 bits per heavy atom. The quantitative estimate of drug-likeness (QED) is 0.890. The van der Waals surface area contributed by atoms with Gasteiger partial charge in [-0.25, -0.2) is 8.78 Å². The number of halogens is 2. The van der Waals surface area contributed by atoms with Crippen LogP contribution >= 0.6 is 0 Å². The maximum atomic E-state index is 13.4. The van der Waals surface area contributed by atoms with Crippen LogP contribution < -0.4 is 5.73 Å². The predicted molar refractivity (Wildman–Crippen MR) is 70.5 cm³/mol. The molecule has 106 valence electrons. The molecule has 0 aliphatic heterocycles. The molecular formula is C15H21F2NO. The third-order valence-electron chi connectivity index (χ3n) is 4.01. The van der Waals surface area contributed by atoms with Gasteiger partial charge in [-0.1, -0.05) is 18.9 Å². The summed E-state index contributed by atoms with van der Waals surface area (Å²) in [5.41, 5.74) is 5.77. The summed E-state index contributed by atoms with van der Waals surface area (Å²) in [6.45, 7) is 1.20. The molecule has 19 heavy (non-hydrogen) atoms. The summed E-state index contributed by atoms with van der Waals surface area (Å²) in [7, 11) is 0. The normalized spacial score (nSPS) is 23.5. The van der Waals surface area contributed by atoms with E-state index in [-0.39, 0.29) is 12.2 Å². The van der Waals surface area contributed by atoms with Gasteiger partial charge in [-0.15, -0.1) is 0 Å².